The summed E-state index contributed by atoms with van der Waals surface area (Å²) in [5.74, 6) is -0.311. The second-order valence-electron chi connectivity index (χ2n) is 3.99. The highest BCUT2D eigenvalue weighted by Crippen LogP contribution is 2.21. The molecule has 0 spiro atoms. The van der Waals surface area contributed by atoms with E-state index in [1.165, 1.54) is 4.90 Å². The molecule has 0 atom stereocenters. The van der Waals surface area contributed by atoms with Gasteiger partial charge in [0.05, 0.1) is 17.3 Å². The van der Waals surface area contributed by atoms with E-state index in [0.717, 1.165) is 12.8 Å². The molecule has 0 N–H and O–H groups in total. The zero-order valence-electron chi connectivity index (χ0n) is 9.35. The summed E-state index contributed by atoms with van der Waals surface area (Å²) < 4.78 is 0. The van der Waals surface area contributed by atoms with Crippen molar-refractivity contribution in [3.63, 3.8) is 0 Å². The lowest BCUT2D eigenvalue weighted by Crippen LogP contribution is -2.34. The molecule has 0 unspecified atom stereocenters. The number of rotatable bonds is 1. The van der Waals surface area contributed by atoms with Crippen molar-refractivity contribution in [1.82, 2.24) is 0 Å². The molecule has 86 valence electrons. The number of nitriles is 1. The summed E-state index contributed by atoms with van der Waals surface area (Å²) in [5, 5.41) is 8.69. The molecular weight excluding hydrogens is 216 g/mol. The highest BCUT2D eigenvalue weighted by atomic mass is 16.2. The molecule has 0 aliphatic carbocycles. The molecule has 1 heterocycles. The van der Waals surface area contributed by atoms with Gasteiger partial charge >= 0.3 is 0 Å². The minimum Gasteiger partial charge on any atom is -0.274 e. The molecule has 1 aromatic rings. The molecule has 0 saturated carbocycles. The van der Waals surface area contributed by atoms with Crippen LogP contribution < -0.4 is 4.90 Å². The van der Waals surface area contributed by atoms with Crippen molar-refractivity contribution >= 4 is 17.5 Å². The van der Waals surface area contributed by atoms with Gasteiger partial charge in [-0.05, 0) is 37.1 Å². The second-order valence-corrected chi connectivity index (χ2v) is 3.99. The van der Waals surface area contributed by atoms with Crippen LogP contribution in [0.1, 0.15) is 31.2 Å². The molecule has 2 rings (SSSR count). The van der Waals surface area contributed by atoms with Gasteiger partial charge < -0.3 is 0 Å². The van der Waals surface area contributed by atoms with Crippen molar-refractivity contribution in [2.75, 3.05) is 4.90 Å². The maximum absolute atomic E-state index is 11.8. The maximum atomic E-state index is 11.8. The molecule has 0 bridgehead atoms. The van der Waals surface area contributed by atoms with E-state index >= 15 is 0 Å². The third-order valence-electron chi connectivity index (χ3n) is 2.78. The number of hydrogen-bond acceptors (Lipinski definition) is 3. The Morgan fingerprint density at radius 2 is 1.53 bits per heavy atom. The van der Waals surface area contributed by atoms with Gasteiger partial charge in [-0.1, -0.05) is 0 Å². The van der Waals surface area contributed by atoms with Crippen LogP contribution in [0.3, 0.4) is 0 Å². The molecule has 4 heteroatoms. The van der Waals surface area contributed by atoms with Crippen molar-refractivity contribution in [2.45, 2.75) is 25.7 Å². The first kappa shape index (κ1) is 11.3. The molecule has 1 fully saturated rings. The van der Waals surface area contributed by atoms with Gasteiger partial charge in [-0.15, -0.1) is 0 Å². The van der Waals surface area contributed by atoms with Crippen LogP contribution in [0.5, 0.6) is 0 Å². The first-order valence-corrected chi connectivity index (χ1v) is 5.58. The molecule has 2 amide bonds. The Morgan fingerprint density at radius 1 is 1.00 bits per heavy atom. The van der Waals surface area contributed by atoms with E-state index in [-0.39, 0.29) is 11.8 Å². The van der Waals surface area contributed by atoms with Gasteiger partial charge in [0, 0.05) is 12.8 Å². The standard InChI is InChI=1S/C13H12N2O2/c14-9-10-5-7-11(8-6-10)15-12(16)3-1-2-4-13(15)17/h5-8H,1-4H2. The number of imide groups is 1. The van der Waals surface area contributed by atoms with Gasteiger partial charge in [-0.2, -0.15) is 5.26 Å². The first-order valence-electron chi connectivity index (χ1n) is 5.58. The predicted molar refractivity (Wildman–Crippen MR) is 62.1 cm³/mol. The third-order valence-corrected chi connectivity index (χ3v) is 2.78. The van der Waals surface area contributed by atoms with E-state index in [4.69, 9.17) is 5.26 Å². The van der Waals surface area contributed by atoms with Gasteiger partial charge in [0.25, 0.3) is 0 Å². The fraction of sp³-hybridized carbons (Fsp3) is 0.308. The summed E-state index contributed by atoms with van der Waals surface area (Å²) in [7, 11) is 0. The number of anilines is 1. The Bertz CT molecular complexity index is 467. The quantitative estimate of drug-likeness (QED) is 0.690. The van der Waals surface area contributed by atoms with Crippen LogP contribution >= 0.6 is 0 Å². The number of nitrogens with zero attached hydrogens (tertiary/aromatic N) is 2. The Hall–Kier alpha value is -2.15. The fourth-order valence-corrected chi connectivity index (χ4v) is 1.89. The number of hydrogen-bond donors (Lipinski definition) is 0. The predicted octanol–water partition coefficient (Wildman–Crippen LogP) is 1.99. The Kier molecular flexibility index (Phi) is 3.20. The zero-order chi connectivity index (χ0) is 12.3. The molecule has 1 saturated heterocycles. The van der Waals surface area contributed by atoms with Crippen LogP contribution in [0.2, 0.25) is 0 Å². The number of carbonyl (C=O) groups excluding carboxylic acids is 2. The Morgan fingerprint density at radius 3 is 2.00 bits per heavy atom. The molecular formula is C13H12N2O2. The van der Waals surface area contributed by atoms with Crippen LogP contribution in [0, 0.1) is 11.3 Å². The van der Waals surface area contributed by atoms with Crippen LogP contribution in [-0.4, -0.2) is 11.8 Å². The van der Waals surface area contributed by atoms with Crippen LogP contribution in [0.15, 0.2) is 24.3 Å². The highest BCUT2D eigenvalue weighted by molar-refractivity contribution is 6.15. The van der Waals surface area contributed by atoms with Crippen LogP contribution in [-0.2, 0) is 9.59 Å². The Labute approximate surface area is 99.5 Å². The molecule has 1 aliphatic heterocycles. The number of carbonyl (C=O) groups is 2. The number of amides is 2. The average molecular weight is 228 g/mol. The average Bonchev–Trinajstić information content (AvgIpc) is 2.51. The summed E-state index contributed by atoms with van der Waals surface area (Å²) in [6, 6.07) is 8.50. The molecule has 0 radical (unpaired) electrons. The molecule has 0 aromatic heterocycles. The van der Waals surface area contributed by atoms with E-state index in [9.17, 15) is 9.59 Å². The third kappa shape index (κ3) is 2.34. The van der Waals surface area contributed by atoms with E-state index in [1.54, 1.807) is 24.3 Å². The van der Waals surface area contributed by atoms with E-state index < -0.39 is 0 Å². The van der Waals surface area contributed by atoms with E-state index in [1.807, 2.05) is 6.07 Å². The van der Waals surface area contributed by atoms with Crippen LogP contribution in [0.4, 0.5) is 5.69 Å². The van der Waals surface area contributed by atoms with Crippen molar-refractivity contribution in [1.29, 1.82) is 5.26 Å². The molecule has 1 aromatic carbocycles. The van der Waals surface area contributed by atoms with Gasteiger partial charge in [0.2, 0.25) is 11.8 Å². The lowest BCUT2D eigenvalue weighted by atomic mass is 10.2. The fourth-order valence-electron chi connectivity index (χ4n) is 1.89. The monoisotopic (exact) mass is 228 g/mol. The minimum absolute atomic E-state index is 0.155. The summed E-state index contributed by atoms with van der Waals surface area (Å²) in [6.07, 6.45) is 2.34. The van der Waals surface area contributed by atoms with E-state index in [2.05, 4.69) is 0 Å². The molecule has 4 nitrogen and oxygen atoms in total. The van der Waals surface area contributed by atoms with Gasteiger partial charge in [-0.3, -0.25) is 14.5 Å². The maximum Gasteiger partial charge on any atom is 0.233 e. The van der Waals surface area contributed by atoms with Gasteiger partial charge in [-0.25, -0.2) is 0 Å². The molecule has 1 aliphatic rings. The first-order chi connectivity index (χ1) is 8.22. The smallest absolute Gasteiger partial charge is 0.233 e. The topological polar surface area (TPSA) is 61.2 Å². The van der Waals surface area contributed by atoms with Gasteiger partial charge in [0.1, 0.15) is 0 Å². The van der Waals surface area contributed by atoms with Crippen LogP contribution in [0.25, 0.3) is 0 Å². The lowest BCUT2D eigenvalue weighted by Gasteiger charge is -2.18. The Balaban J connectivity index is 2.32. The second kappa shape index (κ2) is 4.79. The molecule has 17 heavy (non-hydrogen) atoms. The van der Waals surface area contributed by atoms with Crippen molar-refractivity contribution in [3.8, 4) is 6.07 Å². The number of benzene rings is 1. The minimum atomic E-state index is -0.155. The summed E-state index contributed by atoms with van der Waals surface area (Å²) in [5.41, 5.74) is 1.07. The van der Waals surface area contributed by atoms with Crippen molar-refractivity contribution in [3.05, 3.63) is 29.8 Å². The van der Waals surface area contributed by atoms with Gasteiger partial charge in [0.15, 0.2) is 0 Å². The summed E-state index contributed by atoms with van der Waals surface area (Å²) >= 11 is 0. The van der Waals surface area contributed by atoms with E-state index in [0.29, 0.717) is 24.1 Å². The zero-order valence-corrected chi connectivity index (χ0v) is 9.35. The summed E-state index contributed by atoms with van der Waals surface area (Å²) in [6.45, 7) is 0. The largest absolute Gasteiger partial charge is 0.274 e. The highest BCUT2D eigenvalue weighted by Gasteiger charge is 2.25. The normalized spacial score (nSPS) is 16.5. The lowest BCUT2D eigenvalue weighted by molar-refractivity contribution is -0.125. The van der Waals surface area contributed by atoms with Crippen molar-refractivity contribution in [2.24, 2.45) is 0 Å². The summed E-state index contributed by atoms with van der Waals surface area (Å²) in [4.78, 5) is 24.9. The van der Waals surface area contributed by atoms with Crippen molar-refractivity contribution < 1.29 is 9.59 Å². The SMILES string of the molecule is N#Cc1ccc(N2C(=O)CCCCC2=O)cc1.